The molecule has 14 heavy (non-hydrogen) atoms. The lowest BCUT2D eigenvalue weighted by Crippen LogP contribution is -2.16. The second kappa shape index (κ2) is 8.68. The monoisotopic (exact) mass is 310 g/mol. The lowest BCUT2D eigenvalue weighted by molar-refractivity contribution is 0.408. The highest BCUT2D eigenvalue weighted by atomic mass is 127. The molecule has 0 aromatic carbocycles. The predicted octanol–water partition coefficient (Wildman–Crippen LogP) is 2.95. The van der Waals surface area contributed by atoms with E-state index in [4.69, 9.17) is 0 Å². The van der Waals surface area contributed by atoms with Gasteiger partial charge < -0.3 is 4.90 Å². The zero-order valence-corrected chi connectivity index (χ0v) is 11.9. The van der Waals surface area contributed by atoms with Crippen LogP contribution >= 0.6 is 22.9 Å². The summed E-state index contributed by atoms with van der Waals surface area (Å²) in [5.74, 6) is 0. The third-order valence-corrected chi connectivity index (χ3v) is 3.05. The molecule has 0 atom stereocenters. The summed E-state index contributed by atoms with van der Waals surface area (Å²) < 4.78 is 2.35. The van der Waals surface area contributed by atoms with Crippen LogP contribution in [0.4, 0.5) is 0 Å². The normalized spacial score (nSPS) is 11.3. The third kappa shape index (κ3) is 8.97. The molecule has 2 nitrogen and oxygen atoms in total. The summed E-state index contributed by atoms with van der Waals surface area (Å²) in [6.45, 7) is 9.76. The second-order valence-electron chi connectivity index (χ2n) is 3.96. The zero-order valence-electron chi connectivity index (χ0n) is 9.72. The van der Waals surface area contributed by atoms with Crippen LogP contribution in [0.1, 0.15) is 26.2 Å². The quantitative estimate of drug-likeness (QED) is 0.386. The molecule has 0 unspecified atom stereocenters. The van der Waals surface area contributed by atoms with Gasteiger partial charge in [0.15, 0.2) is 0 Å². The SMILES string of the molecule is C=C(CCN(C)C)CCN(I)CCC. The summed E-state index contributed by atoms with van der Waals surface area (Å²) >= 11 is 2.40. The zero-order chi connectivity index (χ0) is 11.0. The molecular formula is C11H23IN2. The van der Waals surface area contributed by atoms with Crippen LogP contribution in [-0.2, 0) is 0 Å². The molecule has 84 valence electrons. The first-order valence-corrected chi connectivity index (χ1v) is 6.24. The Morgan fingerprint density at radius 2 is 1.71 bits per heavy atom. The summed E-state index contributed by atoms with van der Waals surface area (Å²) in [7, 11) is 4.21. The molecule has 0 spiro atoms. The van der Waals surface area contributed by atoms with E-state index in [1.165, 1.54) is 18.5 Å². The Bertz CT molecular complexity index is 157. The van der Waals surface area contributed by atoms with Crippen LogP contribution in [0, 0.1) is 0 Å². The van der Waals surface area contributed by atoms with Crippen LogP contribution in [0.2, 0.25) is 0 Å². The Morgan fingerprint density at radius 3 is 2.21 bits per heavy atom. The van der Waals surface area contributed by atoms with Crippen LogP contribution in [0.15, 0.2) is 12.2 Å². The maximum Gasteiger partial charge on any atom is 0.0201 e. The van der Waals surface area contributed by atoms with Gasteiger partial charge in [0.2, 0.25) is 0 Å². The Kier molecular flexibility index (Phi) is 8.92. The first-order valence-electron chi connectivity index (χ1n) is 5.28. The number of nitrogens with zero attached hydrogens (tertiary/aromatic N) is 2. The van der Waals surface area contributed by atoms with Gasteiger partial charge in [-0.25, -0.2) is 3.11 Å². The first-order chi connectivity index (χ1) is 6.56. The molecule has 0 bridgehead atoms. The molecule has 3 heteroatoms. The van der Waals surface area contributed by atoms with Gasteiger partial charge in [-0.2, -0.15) is 0 Å². The maximum atomic E-state index is 4.10. The minimum Gasteiger partial charge on any atom is -0.309 e. The van der Waals surface area contributed by atoms with Crippen molar-refractivity contribution in [2.45, 2.75) is 26.2 Å². The van der Waals surface area contributed by atoms with E-state index < -0.39 is 0 Å². The van der Waals surface area contributed by atoms with Crippen molar-refractivity contribution in [1.29, 1.82) is 0 Å². The topological polar surface area (TPSA) is 6.48 Å². The average molecular weight is 310 g/mol. The molecule has 0 amide bonds. The van der Waals surface area contributed by atoms with Gasteiger partial charge in [-0.3, -0.25) is 0 Å². The van der Waals surface area contributed by atoms with Gasteiger partial charge in [0, 0.05) is 42.5 Å². The van der Waals surface area contributed by atoms with E-state index in [1.54, 1.807) is 0 Å². The molecule has 0 heterocycles. The molecule has 0 rings (SSSR count). The van der Waals surface area contributed by atoms with Crippen molar-refractivity contribution in [1.82, 2.24) is 8.01 Å². The minimum absolute atomic E-state index is 1.12. The molecule has 0 fully saturated rings. The van der Waals surface area contributed by atoms with Gasteiger partial charge in [0.25, 0.3) is 0 Å². The molecule has 0 aliphatic rings. The molecule has 0 N–H and O–H groups in total. The maximum absolute atomic E-state index is 4.10. The third-order valence-electron chi connectivity index (χ3n) is 2.09. The highest BCUT2D eigenvalue weighted by Crippen LogP contribution is 2.09. The molecule has 0 aromatic heterocycles. The van der Waals surface area contributed by atoms with E-state index in [1.807, 2.05) is 0 Å². The summed E-state index contributed by atoms with van der Waals surface area (Å²) in [6.07, 6.45) is 3.49. The van der Waals surface area contributed by atoms with Gasteiger partial charge in [0.05, 0.1) is 0 Å². The summed E-state index contributed by atoms with van der Waals surface area (Å²) in [5.41, 5.74) is 1.37. The van der Waals surface area contributed by atoms with Crippen molar-refractivity contribution >= 4 is 22.9 Å². The fourth-order valence-corrected chi connectivity index (χ4v) is 1.86. The molecular weight excluding hydrogens is 287 g/mol. The van der Waals surface area contributed by atoms with Gasteiger partial charge in [0.1, 0.15) is 0 Å². The van der Waals surface area contributed by atoms with Crippen LogP contribution in [-0.4, -0.2) is 41.7 Å². The Morgan fingerprint density at radius 1 is 1.14 bits per heavy atom. The lowest BCUT2D eigenvalue weighted by Gasteiger charge is -2.15. The fourth-order valence-electron chi connectivity index (χ4n) is 1.14. The van der Waals surface area contributed by atoms with Gasteiger partial charge in [-0.1, -0.05) is 19.1 Å². The van der Waals surface area contributed by atoms with Gasteiger partial charge in [-0.05, 0) is 33.4 Å². The Labute approximate surface area is 103 Å². The van der Waals surface area contributed by atoms with E-state index in [0.29, 0.717) is 0 Å². The van der Waals surface area contributed by atoms with Crippen molar-refractivity contribution in [2.24, 2.45) is 0 Å². The minimum atomic E-state index is 1.12. The molecule has 0 radical (unpaired) electrons. The van der Waals surface area contributed by atoms with Crippen LogP contribution in [0.25, 0.3) is 0 Å². The Balaban J connectivity index is 3.43. The number of hydrogen-bond donors (Lipinski definition) is 0. The van der Waals surface area contributed by atoms with E-state index in [2.05, 4.69) is 58.5 Å². The molecule has 0 aliphatic heterocycles. The highest BCUT2D eigenvalue weighted by molar-refractivity contribution is 14.1. The van der Waals surface area contributed by atoms with Crippen molar-refractivity contribution in [2.75, 3.05) is 33.7 Å². The summed E-state index contributed by atoms with van der Waals surface area (Å²) in [4.78, 5) is 2.21. The average Bonchev–Trinajstić information content (AvgIpc) is 2.12. The smallest absolute Gasteiger partial charge is 0.0201 e. The largest absolute Gasteiger partial charge is 0.309 e. The van der Waals surface area contributed by atoms with E-state index in [-0.39, 0.29) is 0 Å². The van der Waals surface area contributed by atoms with Crippen molar-refractivity contribution < 1.29 is 0 Å². The number of rotatable bonds is 8. The highest BCUT2D eigenvalue weighted by Gasteiger charge is 2.01. The van der Waals surface area contributed by atoms with Gasteiger partial charge in [-0.15, -0.1) is 0 Å². The molecule has 0 aliphatic carbocycles. The summed E-state index contributed by atoms with van der Waals surface area (Å²) in [6, 6.07) is 0. The predicted molar refractivity (Wildman–Crippen MR) is 72.8 cm³/mol. The molecule has 0 aromatic rings. The molecule has 0 saturated carbocycles. The number of hydrogen-bond acceptors (Lipinski definition) is 2. The van der Waals surface area contributed by atoms with E-state index in [9.17, 15) is 0 Å². The van der Waals surface area contributed by atoms with Crippen molar-refractivity contribution in [3.8, 4) is 0 Å². The van der Waals surface area contributed by atoms with Crippen molar-refractivity contribution in [3.63, 3.8) is 0 Å². The lowest BCUT2D eigenvalue weighted by atomic mass is 10.1. The first kappa shape index (κ1) is 14.4. The van der Waals surface area contributed by atoms with Crippen LogP contribution < -0.4 is 0 Å². The standard InChI is InChI=1S/C11H23IN2/c1-5-8-14(12)10-7-11(2)6-9-13(3)4/h2,5-10H2,1,3-4H3. The summed E-state index contributed by atoms with van der Waals surface area (Å²) in [5, 5.41) is 0. The van der Waals surface area contributed by atoms with Crippen LogP contribution in [0.5, 0.6) is 0 Å². The van der Waals surface area contributed by atoms with Crippen molar-refractivity contribution in [3.05, 3.63) is 12.2 Å². The fraction of sp³-hybridized carbons (Fsp3) is 0.818. The van der Waals surface area contributed by atoms with E-state index >= 15 is 0 Å². The number of halogens is 1. The Hall–Kier alpha value is 0.390. The second-order valence-corrected chi connectivity index (χ2v) is 5.33. The van der Waals surface area contributed by atoms with Gasteiger partial charge >= 0.3 is 0 Å². The molecule has 0 saturated heterocycles. The van der Waals surface area contributed by atoms with E-state index in [0.717, 1.165) is 25.9 Å². The van der Waals surface area contributed by atoms with Crippen LogP contribution in [0.3, 0.4) is 0 Å².